The van der Waals surface area contributed by atoms with Crippen LogP contribution in [0, 0.1) is 11.8 Å². The average molecular weight is 224 g/mol. The third-order valence-electron chi connectivity index (χ3n) is 1.64. The minimum atomic E-state index is 0.412. The van der Waals surface area contributed by atoms with Crippen LogP contribution in [0.15, 0.2) is 24.3 Å². The molecule has 0 fully saturated rings. The molecule has 2 nitrogen and oxygen atoms in total. The zero-order valence-electron chi connectivity index (χ0n) is 8.96. The van der Waals surface area contributed by atoms with Gasteiger partial charge in [-0.05, 0) is 38.4 Å². The molecule has 0 aromatic heterocycles. The minimum Gasteiger partial charge on any atom is -0.481 e. The highest BCUT2D eigenvalue weighted by atomic mass is 35.5. The monoisotopic (exact) mass is 223 g/mol. The van der Waals surface area contributed by atoms with Crippen molar-refractivity contribution in [2.24, 2.45) is 0 Å². The summed E-state index contributed by atoms with van der Waals surface area (Å²) in [6, 6.07) is 7.25. The molecule has 0 spiro atoms. The second-order valence-corrected chi connectivity index (χ2v) is 3.77. The van der Waals surface area contributed by atoms with E-state index in [9.17, 15) is 0 Å². The molecular formula is C12H14ClNO. The molecule has 0 saturated carbocycles. The number of hydrogen-bond acceptors (Lipinski definition) is 2. The van der Waals surface area contributed by atoms with Gasteiger partial charge in [0.05, 0.1) is 6.54 Å². The summed E-state index contributed by atoms with van der Waals surface area (Å²) in [5.74, 6) is 6.71. The number of hydrogen-bond donors (Lipinski definition) is 0. The van der Waals surface area contributed by atoms with Gasteiger partial charge in [0.25, 0.3) is 0 Å². The van der Waals surface area contributed by atoms with Crippen molar-refractivity contribution in [3.8, 4) is 17.6 Å². The fourth-order valence-electron chi connectivity index (χ4n) is 0.915. The molecular weight excluding hydrogens is 210 g/mol. The van der Waals surface area contributed by atoms with E-state index in [4.69, 9.17) is 16.3 Å². The quantitative estimate of drug-likeness (QED) is 0.729. The van der Waals surface area contributed by atoms with Crippen molar-refractivity contribution in [2.75, 3.05) is 27.2 Å². The maximum atomic E-state index is 5.74. The van der Waals surface area contributed by atoms with Crippen LogP contribution in [-0.2, 0) is 0 Å². The molecule has 80 valence electrons. The SMILES string of the molecule is CN(C)CC#CCOc1ccc(Cl)cc1. The third-order valence-corrected chi connectivity index (χ3v) is 1.90. The molecule has 1 aromatic carbocycles. The van der Waals surface area contributed by atoms with Crippen molar-refractivity contribution in [3.63, 3.8) is 0 Å². The van der Waals surface area contributed by atoms with Crippen molar-refractivity contribution in [2.45, 2.75) is 0 Å². The Labute approximate surface area is 95.8 Å². The molecule has 0 aliphatic carbocycles. The third kappa shape index (κ3) is 5.31. The van der Waals surface area contributed by atoms with E-state index in [1.807, 2.05) is 31.1 Å². The second-order valence-electron chi connectivity index (χ2n) is 3.33. The summed E-state index contributed by atoms with van der Waals surface area (Å²) in [5.41, 5.74) is 0. The fraction of sp³-hybridized carbons (Fsp3) is 0.333. The number of nitrogens with zero attached hydrogens (tertiary/aromatic N) is 1. The first-order valence-electron chi connectivity index (χ1n) is 4.67. The van der Waals surface area contributed by atoms with Gasteiger partial charge in [-0.25, -0.2) is 0 Å². The lowest BCUT2D eigenvalue weighted by molar-refractivity contribution is 0.369. The first-order valence-corrected chi connectivity index (χ1v) is 5.05. The summed E-state index contributed by atoms with van der Waals surface area (Å²) in [7, 11) is 3.96. The van der Waals surface area contributed by atoms with E-state index in [0.717, 1.165) is 12.3 Å². The number of rotatable bonds is 3. The van der Waals surface area contributed by atoms with Gasteiger partial charge in [-0.1, -0.05) is 23.4 Å². The van der Waals surface area contributed by atoms with E-state index in [0.29, 0.717) is 11.6 Å². The molecule has 0 heterocycles. The number of ether oxygens (including phenoxy) is 1. The van der Waals surface area contributed by atoms with Gasteiger partial charge >= 0.3 is 0 Å². The maximum Gasteiger partial charge on any atom is 0.149 e. The Bertz CT molecular complexity index is 348. The van der Waals surface area contributed by atoms with Gasteiger partial charge in [-0.2, -0.15) is 0 Å². The molecule has 0 saturated heterocycles. The lowest BCUT2D eigenvalue weighted by atomic mass is 10.3. The highest BCUT2D eigenvalue weighted by Crippen LogP contribution is 2.14. The first-order chi connectivity index (χ1) is 7.18. The lowest BCUT2D eigenvalue weighted by Crippen LogP contribution is -2.11. The van der Waals surface area contributed by atoms with Crippen molar-refractivity contribution in [3.05, 3.63) is 29.3 Å². The summed E-state index contributed by atoms with van der Waals surface area (Å²) in [5, 5.41) is 0.709. The minimum absolute atomic E-state index is 0.412. The average Bonchev–Trinajstić information content (AvgIpc) is 2.20. The number of benzene rings is 1. The summed E-state index contributed by atoms with van der Waals surface area (Å²) in [6.45, 7) is 1.17. The fourth-order valence-corrected chi connectivity index (χ4v) is 1.04. The maximum absolute atomic E-state index is 5.74. The van der Waals surface area contributed by atoms with E-state index in [-0.39, 0.29) is 0 Å². The van der Waals surface area contributed by atoms with Gasteiger partial charge in [-0.15, -0.1) is 0 Å². The molecule has 0 radical (unpaired) electrons. The van der Waals surface area contributed by atoms with Crippen molar-refractivity contribution >= 4 is 11.6 Å². The van der Waals surface area contributed by atoms with E-state index in [1.165, 1.54) is 0 Å². The molecule has 0 N–H and O–H groups in total. The Hall–Kier alpha value is -1.17. The molecule has 3 heteroatoms. The molecule has 0 atom stereocenters. The van der Waals surface area contributed by atoms with Gasteiger partial charge in [0.15, 0.2) is 0 Å². The highest BCUT2D eigenvalue weighted by molar-refractivity contribution is 6.30. The largest absolute Gasteiger partial charge is 0.481 e. The molecule has 0 bridgehead atoms. The second kappa shape index (κ2) is 6.34. The Kier molecular flexibility index (Phi) is 5.03. The molecule has 0 amide bonds. The normalized spacial score (nSPS) is 9.60. The summed E-state index contributed by atoms with van der Waals surface area (Å²) >= 11 is 5.74. The van der Waals surface area contributed by atoms with Crippen LogP contribution in [-0.4, -0.2) is 32.1 Å². The van der Waals surface area contributed by atoms with E-state index in [1.54, 1.807) is 12.1 Å². The molecule has 15 heavy (non-hydrogen) atoms. The van der Waals surface area contributed by atoms with E-state index in [2.05, 4.69) is 11.8 Å². The Balaban J connectivity index is 2.30. The van der Waals surface area contributed by atoms with Crippen LogP contribution in [0.2, 0.25) is 5.02 Å². The van der Waals surface area contributed by atoms with E-state index >= 15 is 0 Å². The van der Waals surface area contributed by atoms with Crippen LogP contribution in [0.4, 0.5) is 0 Å². The Morgan fingerprint density at radius 2 is 1.87 bits per heavy atom. The van der Waals surface area contributed by atoms with Crippen LogP contribution in [0.3, 0.4) is 0 Å². The summed E-state index contributed by atoms with van der Waals surface area (Å²) in [4.78, 5) is 2.01. The summed E-state index contributed by atoms with van der Waals surface area (Å²) < 4.78 is 5.39. The smallest absolute Gasteiger partial charge is 0.149 e. The van der Waals surface area contributed by atoms with Crippen molar-refractivity contribution in [1.29, 1.82) is 0 Å². The van der Waals surface area contributed by atoms with Crippen LogP contribution in [0.1, 0.15) is 0 Å². The van der Waals surface area contributed by atoms with Crippen LogP contribution in [0.5, 0.6) is 5.75 Å². The van der Waals surface area contributed by atoms with Crippen LogP contribution in [0.25, 0.3) is 0 Å². The Morgan fingerprint density at radius 3 is 2.47 bits per heavy atom. The molecule has 0 aliphatic rings. The Morgan fingerprint density at radius 1 is 1.20 bits per heavy atom. The standard InChI is InChI=1S/C12H14ClNO/c1-14(2)9-3-4-10-15-12-7-5-11(13)6-8-12/h5-8H,9-10H2,1-2H3. The van der Waals surface area contributed by atoms with Gasteiger partial charge in [0.2, 0.25) is 0 Å². The predicted octanol–water partition coefficient (Wildman–Crippen LogP) is 2.28. The van der Waals surface area contributed by atoms with Crippen molar-refractivity contribution in [1.82, 2.24) is 4.90 Å². The molecule has 0 unspecified atom stereocenters. The first kappa shape index (κ1) is 11.9. The zero-order valence-corrected chi connectivity index (χ0v) is 9.71. The summed E-state index contributed by atoms with van der Waals surface area (Å²) in [6.07, 6.45) is 0. The van der Waals surface area contributed by atoms with Gasteiger partial charge in [0, 0.05) is 5.02 Å². The topological polar surface area (TPSA) is 12.5 Å². The van der Waals surface area contributed by atoms with Gasteiger partial charge in [0.1, 0.15) is 12.4 Å². The highest BCUT2D eigenvalue weighted by Gasteiger charge is 1.90. The van der Waals surface area contributed by atoms with Crippen LogP contribution < -0.4 is 4.74 Å². The van der Waals surface area contributed by atoms with Crippen molar-refractivity contribution < 1.29 is 4.74 Å². The van der Waals surface area contributed by atoms with Gasteiger partial charge in [-0.3, -0.25) is 4.90 Å². The van der Waals surface area contributed by atoms with Gasteiger partial charge < -0.3 is 4.74 Å². The molecule has 0 aliphatic heterocycles. The number of halogens is 1. The zero-order chi connectivity index (χ0) is 11.1. The molecule has 1 aromatic rings. The lowest BCUT2D eigenvalue weighted by Gasteiger charge is -2.02. The van der Waals surface area contributed by atoms with Crippen LogP contribution >= 0.6 is 11.6 Å². The molecule has 1 rings (SSSR count). The van der Waals surface area contributed by atoms with E-state index < -0.39 is 0 Å². The predicted molar refractivity (Wildman–Crippen MR) is 63.3 cm³/mol.